The second-order valence-electron chi connectivity index (χ2n) is 2.48. The van der Waals surface area contributed by atoms with E-state index in [-0.39, 0.29) is 11.5 Å². The molecular weight excluding hydrogens is 190 g/mol. The second kappa shape index (κ2) is 4.60. The number of methoxy groups -OCH3 is 1. The molecule has 0 saturated carbocycles. The van der Waals surface area contributed by atoms with Crippen LogP contribution in [0.15, 0.2) is 24.5 Å². The van der Waals surface area contributed by atoms with Crippen molar-refractivity contribution < 1.29 is 18.3 Å². The van der Waals surface area contributed by atoms with E-state index in [2.05, 4.69) is 4.74 Å². The minimum Gasteiger partial charge on any atom is -0.494 e. The van der Waals surface area contributed by atoms with Gasteiger partial charge in [0.2, 0.25) is 11.6 Å². The van der Waals surface area contributed by atoms with E-state index < -0.39 is 11.6 Å². The van der Waals surface area contributed by atoms with Crippen molar-refractivity contribution in [2.24, 2.45) is 0 Å². The summed E-state index contributed by atoms with van der Waals surface area (Å²) in [7, 11) is 1.27. The molecule has 0 aromatic heterocycles. The smallest absolute Gasteiger partial charge is 0.205 e. The van der Waals surface area contributed by atoms with E-state index in [9.17, 15) is 8.78 Å². The minimum absolute atomic E-state index is 0.143. The zero-order valence-electron chi connectivity index (χ0n) is 7.88. The molecule has 1 rings (SSSR count). The van der Waals surface area contributed by atoms with Crippen molar-refractivity contribution in [3.8, 4) is 11.5 Å². The zero-order valence-corrected chi connectivity index (χ0v) is 7.88. The van der Waals surface area contributed by atoms with Gasteiger partial charge in [-0.25, -0.2) is 0 Å². The molecule has 0 aliphatic rings. The topological polar surface area (TPSA) is 18.5 Å². The molecule has 0 aliphatic carbocycles. The van der Waals surface area contributed by atoms with Crippen molar-refractivity contribution in [2.45, 2.75) is 6.92 Å². The van der Waals surface area contributed by atoms with Gasteiger partial charge < -0.3 is 9.47 Å². The molecule has 0 radical (unpaired) electrons. The molecule has 0 amide bonds. The van der Waals surface area contributed by atoms with Crippen LogP contribution in [0, 0.1) is 11.6 Å². The molecule has 76 valence electrons. The normalized spacial score (nSPS) is 10.6. The summed E-state index contributed by atoms with van der Waals surface area (Å²) in [6.07, 6.45) is 2.84. The molecule has 0 aliphatic heterocycles. The molecule has 0 unspecified atom stereocenters. The van der Waals surface area contributed by atoms with Gasteiger partial charge in [-0.15, -0.1) is 0 Å². The molecular formula is C10H10F2O2. The summed E-state index contributed by atoms with van der Waals surface area (Å²) in [6, 6.07) is 2.61. The van der Waals surface area contributed by atoms with Crippen molar-refractivity contribution >= 4 is 0 Å². The van der Waals surface area contributed by atoms with Crippen LogP contribution in [0.3, 0.4) is 0 Å². The van der Waals surface area contributed by atoms with Crippen molar-refractivity contribution in [1.29, 1.82) is 0 Å². The number of hydrogen-bond acceptors (Lipinski definition) is 2. The first-order chi connectivity index (χ1) is 6.70. The quantitative estimate of drug-likeness (QED) is 0.698. The largest absolute Gasteiger partial charge is 0.494 e. The molecule has 0 atom stereocenters. The number of ether oxygens (including phenoxy) is 2. The summed E-state index contributed by atoms with van der Waals surface area (Å²) >= 11 is 0. The van der Waals surface area contributed by atoms with Crippen LogP contribution in [0.1, 0.15) is 6.92 Å². The molecule has 0 N–H and O–H groups in total. The molecule has 0 fully saturated rings. The van der Waals surface area contributed by atoms with Gasteiger partial charge >= 0.3 is 0 Å². The van der Waals surface area contributed by atoms with Gasteiger partial charge in [0.1, 0.15) is 0 Å². The fourth-order valence-corrected chi connectivity index (χ4v) is 0.904. The van der Waals surface area contributed by atoms with Crippen LogP contribution in [-0.2, 0) is 0 Å². The maximum atomic E-state index is 13.2. The van der Waals surface area contributed by atoms with Crippen LogP contribution < -0.4 is 9.47 Å². The third kappa shape index (κ3) is 2.02. The highest BCUT2D eigenvalue weighted by Gasteiger charge is 2.14. The molecule has 1 aromatic rings. The maximum absolute atomic E-state index is 13.2. The monoisotopic (exact) mass is 200 g/mol. The van der Waals surface area contributed by atoms with Crippen LogP contribution in [0.4, 0.5) is 8.78 Å². The number of benzene rings is 1. The predicted octanol–water partition coefficient (Wildman–Crippen LogP) is 2.89. The summed E-state index contributed by atoms with van der Waals surface area (Å²) in [5.41, 5.74) is 0. The Balaban J connectivity index is 3.04. The third-order valence-corrected chi connectivity index (χ3v) is 1.56. The Labute approximate surface area is 80.8 Å². The lowest BCUT2D eigenvalue weighted by molar-refractivity contribution is 0.358. The average molecular weight is 200 g/mol. The number of hydrogen-bond donors (Lipinski definition) is 0. The Morgan fingerprint density at radius 1 is 1.14 bits per heavy atom. The molecule has 0 saturated heterocycles. The number of rotatable bonds is 3. The predicted molar refractivity (Wildman–Crippen MR) is 48.4 cm³/mol. The first kappa shape index (κ1) is 10.5. The highest BCUT2D eigenvalue weighted by atomic mass is 19.2. The van der Waals surface area contributed by atoms with Crippen LogP contribution in [0.2, 0.25) is 0 Å². The van der Waals surface area contributed by atoms with Gasteiger partial charge in [-0.1, -0.05) is 6.08 Å². The molecule has 4 heteroatoms. The van der Waals surface area contributed by atoms with E-state index in [4.69, 9.17) is 4.74 Å². The van der Waals surface area contributed by atoms with Gasteiger partial charge in [0.05, 0.1) is 13.4 Å². The highest BCUT2D eigenvalue weighted by molar-refractivity contribution is 5.35. The van der Waals surface area contributed by atoms with Crippen molar-refractivity contribution in [1.82, 2.24) is 0 Å². The van der Waals surface area contributed by atoms with E-state index in [1.165, 1.54) is 25.5 Å². The van der Waals surface area contributed by atoms with E-state index in [1.807, 2.05) is 0 Å². The Hall–Kier alpha value is -1.58. The number of halogens is 2. The molecule has 0 heterocycles. The standard InChI is InChI=1S/C10H10F2O2/c1-3-6-14-8-5-4-7(13-2)9(11)10(8)12/h3-6H,1-2H3. The van der Waals surface area contributed by atoms with Gasteiger partial charge in [-0.2, -0.15) is 8.78 Å². The van der Waals surface area contributed by atoms with Crippen LogP contribution in [0.25, 0.3) is 0 Å². The van der Waals surface area contributed by atoms with Gasteiger partial charge in [0.25, 0.3) is 0 Å². The first-order valence-corrected chi connectivity index (χ1v) is 4.00. The summed E-state index contributed by atoms with van der Waals surface area (Å²) in [5, 5.41) is 0. The fourth-order valence-electron chi connectivity index (χ4n) is 0.904. The van der Waals surface area contributed by atoms with Crippen molar-refractivity contribution in [3.63, 3.8) is 0 Å². The van der Waals surface area contributed by atoms with Crippen LogP contribution in [-0.4, -0.2) is 7.11 Å². The van der Waals surface area contributed by atoms with Gasteiger partial charge in [-0.05, 0) is 19.1 Å². The highest BCUT2D eigenvalue weighted by Crippen LogP contribution is 2.27. The van der Waals surface area contributed by atoms with Crippen molar-refractivity contribution in [2.75, 3.05) is 7.11 Å². The van der Waals surface area contributed by atoms with Crippen LogP contribution in [0.5, 0.6) is 11.5 Å². The van der Waals surface area contributed by atoms with E-state index >= 15 is 0 Å². The lowest BCUT2D eigenvalue weighted by Gasteiger charge is -2.05. The molecule has 2 nitrogen and oxygen atoms in total. The molecule has 1 aromatic carbocycles. The Morgan fingerprint density at radius 2 is 1.71 bits per heavy atom. The molecule has 14 heavy (non-hydrogen) atoms. The summed E-state index contributed by atoms with van der Waals surface area (Å²) in [6.45, 7) is 1.71. The first-order valence-electron chi connectivity index (χ1n) is 4.00. The molecule has 0 spiro atoms. The average Bonchev–Trinajstić information content (AvgIpc) is 2.20. The Morgan fingerprint density at radius 3 is 2.29 bits per heavy atom. The third-order valence-electron chi connectivity index (χ3n) is 1.56. The summed E-state index contributed by atoms with van der Waals surface area (Å²) in [4.78, 5) is 0. The lowest BCUT2D eigenvalue weighted by Crippen LogP contribution is -1.95. The maximum Gasteiger partial charge on any atom is 0.205 e. The SMILES string of the molecule is CC=COc1ccc(OC)c(F)c1F. The molecule has 0 bridgehead atoms. The van der Waals surface area contributed by atoms with Gasteiger partial charge in [0.15, 0.2) is 11.5 Å². The minimum atomic E-state index is -1.05. The Kier molecular flexibility index (Phi) is 3.45. The van der Waals surface area contributed by atoms with E-state index in [0.717, 1.165) is 0 Å². The fraction of sp³-hybridized carbons (Fsp3) is 0.200. The zero-order chi connectivity index (χ0) is 10.6. The van der Waals surface area contributed by atoms with Crippen molar-refractivity contribution in [3.05, 3.63) is 36.1 Å². The second-order valence-corrected chi connectivity index (χ2v) is 2.48. The van der Waals surface area contributed by atoms with E-state index in [1.54, 1.807) is 13.0 Å². The Bertz CT molecular complexity index is 348. The van der Waals surface area contributed by atoms with E-state index in [0.29, 0.717) is 0 Å². The van der Waals surface area contributed by atoms with Crippen LogP contribution >= 0.6 is 0 Å². The lowest BCUT2D eigenvalue weighted by atomic mass is 10.3. The summed E-state index contributed by atoms with van der Waals surface area (Å²) < 4.78 is 35.7. The number of allylic oxidation sites excluding steroid dienone is 1. The van der Waals surface area contributed by atoms with Gasteiger partial charge in [-0.3, -0.25) is 0 Å². The summed E-state index contributed by atoms with van der Waals surface area (Å²) in [5.74, 6) is -2.41. The van der Waals surface area contributed by atoms with Gasteiger partial charge in [0, 0.05) is 0 Å².